The summed E-state index contributed by atoms with van der Waals surface area (Å²) in [5, 5.41) is 2.00. The number of nitrogens with zero attached hydrogens (tertiary/aromatic N) is 2. The molecule has 0 aliphatic carbocycles. The van der Waals surface area contributed by atoms with Crippen molar-refractivity contribution < 1.29 is 35.5 Å². The van der Waals surface area contributed by atoms with E-state index >= 15 is 0 Å². The molecule has 27 heavy (non-hydrogen) atoms. The summed E-state index contributed by atoms with van der Waals surface area (Å²) in [6.45, 7) is 0. The lowest BCUT2D eigenvalue weighted by Crippen LogP contribution is -2.41. The fraction of sp³-hybridized carbons (Fsp3) is 0.0667. The molecule has 0 unspecified atom stereocenters. The van der Waals surface area contributed by atoms with Crippen LogP contribution in [0.4, 0.5) is 11.4 Å². The van der Waals surface area contributed by atoms with Crippen LogP contribution in [0.3, 0.4) is 0 Å². The Hall–Kier alpha value is -2.80. The lowest BCUT2D eigenvalue weighted by atomic mass is 10.3. The number of benzene rings is 2. The molecule has 2 amide bonds. The first-order valence-corrected chi connectivity index (χ1v) is 10.2. The minimum Gasteiger partial charge on any atom is -0.282 e. The van der Waals surface area contributed by atoms with E-state index in [2.05, 4.69) is 0 Å². The molecule has 3 rings (SSSR count). The summed E-state index contributed by atoms with van der Waals surface area (Å²) in [6.07, 6.45) is -0.444. The first-order chi connectivity index (χ1) is 12.5. The molecule has 12 heteroatoms. The average Bonchev–Trinajstić information content (AvgIpc) is 2.87. The molecule has 1 saturated heterocycles. The second-order valence-corrected chi connectivity index (χ2v) is 8.37. The van der Waals surface area contributed by atoms with Crippen molar-refractivity contribution in [3.05, 3.63) is 48.5 Å². The number of carbonyl (C=O) groups is 2. The van der Waals surface area contributed by atoms with Gasteiger partial charge in [0.25, 0.3) is 32.1 Å². The monoisotopic (exact) mass is 412 g/mol. The Morgan fingerprint density at radius 3 is 1.19 bits per heavy atom. The second-order valence-electron chi connectivity index (χ2n) is 5.53. The Kier molecular flexibility index (Phi) is 4.51. The molecule has 0 aromatic heterocycles. The summed E-state index contributed by atoms with van der Waals surface area (Å²) < 4.78 is 62.5. The van der Waals surface area contributed by atoms with Crippen LogP contribution in [0.5, 0.6) is 0 Å². The Bertz CT molecular complexity index is 1030. The molecule has 1 aliphatic heterocycles. The maximum absolute atomic E-state index is 12.2. The molecule has 1 aliphatic rings. The lowest BCUT2D eigenvalue weighted by molar-refractivity contribution is -0.121. The van der Waals surface area contributed by atoms with Crippen molar-refractivity contribution in [3.63, 3.8) is 0 Å². The number of rotatable bonds is 4. The zero-order valence-electron chi connectivity index (χ0n) is 13.4. The van der Waals surface area contributed by atoms with Gasteiger partial charge in [0.15, 0.2) is 0 Å². The number of hydrogen-bond acceptors (Lipinski definition) is 6. The summed E-state index contributed by atoms with van der Waals surface area (Å²) in [4.78, 5) is 23.7. The van der Waals surface area contributed by atoms with Gasteiger partial charge >= 0.3 is 0 Å². The highest BCUT2D eigenvalue weighted by molar-refractivity contribution is 7.86. The summed E-state index contributed by atoms with van der Waals surface area (Å²) >= 11 is 0. The van der Waals surface area contributed by atoms with E-state index in [1.54, 1.807) is 0 Å². The van der Waals surface area contributed by atoms with Crippen molar-refractivity contribution in [1.82, 2.24) is 0 Å². The molecule has 0 spiro atoms. The standard InChI is InChI=1S/C15H12N2O8S2/c18-14-9-15(19)17(11-3-7-13(8-4-11)27(23,24)25)16(14)10-1-5-12(6-2-10)26(20,21)22/h1-8H,9H2,(H,20,21,22)(H,23,24,25). The SMILES string of the molecule is O=C1CC(=O)N(c2ccc(S(=O)(=O)O)cc2)N1c1ccc(S(=O)(=O)O)cc1. The fourth-order valence-corrected chi connectivity index (χ4v) is 3.50. The number of hydrogen-bond donors (Lipinski definition) is 2. The Morgan fingerprint density at radius 1 is 0.630 bits per heavy atom. The average molecular weight is 412 g/mol. The first kappa shape index (κ1) is 19.0. The molecular formula is C15H12N2O8S2. The zero-order valence-corrected chi connectivity index (χ0v) is 15.0. The minimum absolute atomic E-state index is 0.164. The Balaban J connectivity index is 2.01. The normalized spacial score (nSPS) is 15.5. The Morgan fingerprint density at radius 2 is 0.926 bits per heavy atom. The molecule has 1 fully saturated rings. The smallest absolute Gasteiger partial charge is 0.282 e. The molecule has 0 radical (unpaired) electrons. The largest absolute Gasteiger partial charge is 0.294 e. The van der Waals surface area contributed by atoms with E-state index in [0.717, 1.165) is 34.3 Å². The van der Waals surface area contributed by atoms with Crippen molar-refractivity contribution >= 4 is 43.4 Å². The molecule has 0 bridgehead atoms. The van der Waals surface area contributed by atoms with Crippen molar-refractivity contribution in [2.24, 2.45) is 0 Å². The van der Waals surface area contributed by atoms with E-state index in [9.17, 15) is 26.4 Å². The Labute approximate surface area is 154 Å². The van der Waals surface area contributed by atoms with Gasteiger partial charge in [0.05, 0.1) is 21.2 Å². The molecule has 2 aromatic carbocycles. The summed E-state index contributed by atoms with van der Waals surface area (Å²) in [5.74, 6) is -1.17. The van der Waals surface area contributed by atoms with Crippen LogP contribution in [0.15, 0.2) is 58.3 Å². The minimum atomic E-state index is -4.42. The van der Waals surface area contributed by atoms with Crippen molar-refractivity contribution in [1.29, 1.82) is 0 Å². The molecule has 1 heterocycles. The van der Waals surface area contributed by atoms with Gasteiger partial charge in [-0.25, -0.2) is 10.0 Å². The van der Waals surface area contributed by atoms with Crippen LogP contribution < -0.4 is 10.0 Å². The van der Waals surface area contributed by atoms with Crippen LogP contribution in [0.1, 0.15) is 6.42 Å². The van der Waals surface area contributed by atoms with Gasteiger partial charge in [0, 0.05) is 0 Å². The van der Waals surface area contributed by atoms with Gasteiger partial charge in [-0.05, 0) is 48.5 Å². The van der Waals surface area contributed by atoms with E-state index in [1.807, 2.05) is 0 Å². The number of hydrazine groups is 1. The predicted molar refractivity (Wildman–Crippen MR) is 92.1 cm³/mol. The van der Waals surface area contributed by atoms with Crippen LogP contribution in [0, 0.1) is 0 Å². The first-order valence-electron chi connectivity index (χ1n) is 7.29. The molecule has 2 N–H and O–H groups in total. The van der Waals surface area contributed by atoms with Crippen molar-refractivity contribution in [2.75, 3.05) is 10.0 Å². The molecule has 2 aromatic rings. The van der Waals surface area contributed by atoms with Gasteiger partial charge in [-0.1, -0.05) is 0 Å². The molecule has 142 valence electrons. The highest BCUT2D eigenvalue weighted by Gasteiger charge is 2.38. The van der Waals surface area contributed by atoms with Crippen molar-refractivity contribution in [2.45, 2.75) is 16.2 Å². The number of anilines is 2. The van der Waals surface area contributed by atoms with E-state index in [4.69, 9.17) is 9.11 Å². The molecule has 0 saturated carbocycles. The topological polar surface area (TPSA) is 149 Å². The number of carbonyl (C=O) groups excluding carboxylic acids is 2. The lowest BCUT2D eigenvalue weighted by Gasteiger charge is -2.28. The zero-order chi connectivity index (χ0) is 20.0. The predicted octanol–water partition coefficient (Wildman–Crippen LogP) is 0.865. The van der Waals surface area contributed by atoms with Crippen LogP contribution in [0.25, 0.3) is 0 Å². The highest BCUT2D eigenvalue weighted by Crippen LogP contribution is 2.30. The van der Waals surface area contributed by atoms with Gasteiger partial charge in [-0.15, -0.1) is 0 Å². The third-order valence-corrected chi connectivity index (χ3v) is 5.47. The van der Waals surface area contributed by atoms with Crippen LogP contribution in [0.2, 0.25) is 0 Å². The molecular weight excluding hydrogens is 400 g/mol. The van der Waals surface area contributed by atoms with Crippen molar-refractivity contribution in [3.8, 4) is 0 Å². The summed E-state index contributed by atoms with van der Waals surface area (Å²) in [6, 6.07) is 9.22. The van der Waals surface area contributed by atoms with Gasteiger partial charge in [-0.3, -0.25) is 18.7 Å². The maximum Gasteiger partial charge on any atom is 0.294 e. The van der Waals surface area contributed by atoms with Gasteiger partial charge in [-0.2, -0.15) is 16.8 Å². The van der Waals surface area contributed by atoms with Gasteiger partial charge < -0.3 is 0 Å². The quantitative estimate of drug-likeness (QED) is 0.555. The van der Waals surface area contributed by atoms with Gasteiger partial charge in [0.1, 0.15) is 6.42 Å². The van der Waals surface area contributed by atoms with Crippen LogP contribution in [-0.2, 0) is 29.8 Å². The van der Waals surface area contributed by atoms with Crippen LogP contribution >= 0.6 is 0 Å². The highest BCUT2D eigenvalue weighted by atomic mass is 32.2. The fourth-order valence-electron chi connectivity index (χ4n) is 2.54. The third-order valence-electron chi connectivity index (χ3n) is 3.73. The van der Waals surface area contributed by atoms with E-state index in [1.165, 1.54) is 24.3 Å². The second kappa shape index (κ2) is 6.42. The van der Waals surface area contributed by atoms with E-state index < -0.39 is 38.5 Å². The van der Waals surface area contributed by atoms with Gasteiger partial charge in [0.2, 0.25) is 0 Å². The maximum atomic E-state index is 12.2. The van der Waals surface area contributed by atoms with E-state index in [-0.39, 0.29) is 21.2 Å². The van der Waals surface area contributed by atoms with Crippen LogP contribution in [-0.4, -0.2) is 37.8 Å². The molecule has 0 atom stereocenters. The molecule has 10 nitrogen and oxygen atoms in total. The van der Waals surface area contributed by atoms with E-state index in [0.29, 0.717) is 0 Å². The number of amides is 2. The third kappa shape index (κ3) is 3.68. The summed E-state index contributed by atoms with van der Waals surface area (Å²) in [7, 11) is -8.83. The summed E-state index contributed by atoms with van der Waals surface area (Å²) in [5.41, 5.74) is 0.328.